The third kappa shape index (κ3) is 6.15. The molecule has 0 radical (unpaired) electrons. The van der Waals surface area contributed by atoms with E-state index in [1.165, 1.54) is 24.5 Å². The Morgan fingerprint density at radius 2 is 1.66 bits per heavy atom. The predicted molar refractivity (Wildman–Crippen MR) is 136 cm³/mol. The van der Waals surface area contributed by atoms with E-state index in [4.69, 9.17) is 0 Å². The number of carbonyl (C=O) groups is 3. The third-order valence-electron chi connectivity index (χ3n) is 5.16. The van der Waals surface area contributed by atoms with E-state index in [0.29, 0.717) is 21.9 Å². The van der Waals surface area contributed by atoms with Crippen LogP contribution < -0.4 is 16.0 Å². The van der Waals surface area contributed by atoms with Crippen molar-refractivity contribution < 1.29 is 14.4 Å². The van der Waals surface area contributed by atoms with Gasteiger partial charge in [0.05, 0.1) is 17.3 Å². The number of aromatic nitrogens is 2. The molecule has 0 saturated carbocycles. The van der Waals surface area contributed by atoms with Crippen LogP contribution in [0.15, 0.2) is 78.4 Å². The van der Waals surface area contributed by atoms with Crippen LogP contribution in [0.25, 0.3) is 11.3 Å². The highest BCUT2D eigenvalue weighted by atomic mass is 32.1. The van der Waals surface area contributed by atoms with Crippen LogP contribution in [0.5, 0.6) is 0 Å². The van der Waals surface area contributed by atoms with Gasteiger partial charge in [0, 0.05) is 41.5 Å². The summed E-state index contributed by atoms with van der Waals surface area (Å²) in [5.41, 5.74) is 3.95. The second kappa shape index (κ2) is 10.7. The highest BCUT2D eigenvalue weighted by Gasteiger charge is 2.13. The molecule has 4 aromatic rings. The monoisotopic (exact) mass is 485 g/mol. The van der Waals surface area contributed by atoms with Gasteiger partial charge < -0.3 is 10.6 Å². The van der Waals surface area contributed by atoms with Crippen molar-refractivity contribution in [2.45, 2.75) is 19.9 Å². The molecule has 0 fully saturated rings. The third-order valence-corrected chi connectivity index (χ3v) is 5.91. The van der Waals surface area contributed by atoms with Crippen LogP contribution >= 0.6 is 11.3 Å². The summed E-state index contributed by atoms with van der Waals surface area (Å²) in [4.78, 5) is 44.8. The van der Waals surface area contributed by atoms with Crippen molar-refractivity contribution in [1.29, 1.82) is 0 Å². The van der Waals surface area contributed by atoms with E-state index in [-0.39, 0.29) is 23.8 Å². The van der Waals surface area contributed by atoms with Gasteiger partial charge in [0.1, 0.15) is 0 Å². The van der Waals surface area contributed by atoms with Crippen LogP contribution in [0, 0.1) is 0 Å². The van der Waals surface area contributed by atoms with Crippen LogP contribution in [0.2, 0.25) is 0 Å². The van der Waals surface area contributed by atoms with Gasteiger partial charge in [-0.05, 0) is 42.8 Å². The van der Waals surface area contributed by atoms with E-state index in [2.05, 4.69) is 25.9 Å². The molecule has 2 aromatic carbocycles. The molecule has 176 valence electrons. The summed E-state index contributed by atoms with van der Waals surface area (Å²) >= 11 is 1.32. The summed E-state index contributed by atoms with van der Waals surface area (Å²) in [6, 6.07) is 17.7. The zero-order valence-electron chi connectivity index (χ0n) is 19.1. The first-order valence-electron chi connectivity index (χ1n) is 10.8. The van der Waals surface area contributed by atoms with E-state index in [1.54, 1.807) is 42.6 Å². The standard InChI is InChI=1S/C26H23N5O3S/c1-16(28-17(2)32)18-8-10-19(11-9-18)23-15-35-26(30-23)31-24(33)20-5-3-7-22(13-20)29-25(34)21-6-4-12-27-14-21/h3-16H,1-2H3,(H,28,32)(H,29,34)(H,30,31,33). The first kappa shape index (κ1) is 23.8. The van der Waals surface area contributed by atoms with Crippen LogP contribution in [0.1, 0.15) is 46.2 Å². The molecule has 2 heterocycles. The molecular weight excluding hydrogens is 462 g/mol. The van der Waals surface area contributed by atoms with E-state index in [0.717, 1.165) is 16.8 Å². The van der Waals surface area contributed by atoms with Gasteiger partial charge in [-0.1, -0.05) is 30.3 Å². The molecule has 3 N–H and O–H groups in total. The predicted octanol–water partition coefficient (Wildman–Crippen LogP) is 4.91. The summed E-state index contributed by atoms with van der Waals surface area (Å²) in [5.74, 6) is -0.719. The van der Waals surface area contributed by atoms with Crippen molar-refractivity contribution in [2.24, 2.45) is 0 Å². The molecule has 1 unspecified atom stereocenters. The molecule has 3 amide bonds. The Bertz CT molecular complexity index is 1350. The maximum absolute atomic E-state index is 12.8. The number of thiazole rings is 1. The number of carbonyl (C=O) groups excluding carboxylic acids is 3. The Hall–Kier alpha value is -4.37. The Morgan fingerprint density at radius 1 is 0.914 bits per heavy atom. The minimum atomic E-state index is -0.331. The lowest BCUT2D eigenvalue weighted by molar-refractivity contribution is -0.119. The lowest BCUT2D eigenvalue weighted by atomic mass is 10.1. The Labute approximate surface area is 206 Å². The highest BCUT2D eigenvalue weighted by molar-refractivity contribution is 7.14. The summed E-state index contributed by atoms with van der Waals surface area (Å²) in [5, 5.41) is 10.8. The maximum atomic E-state index is 12.8. The number of hydrogen-bond acceptors (Lipinski definition) is 6. The second-order valence-electron chi connectivity index (χ2n) is 7.81. The average Bonchev–Trinajstić information content (AvgIpc) is 3.33. The van der Waals surface area contributed by atoms with Crippen molar-refractivity contribution in [3.63, 3.8) is 0 Å². The van der Waals surface area contributed by atoms with Gasteiger partial charge >= 0.3 is 0 Å². The van der Waals surface area contributed by atoms with Crippen LogP contribution in [0.3, 0.4) is 0 Å². The molecule has 0 spiro atoms. The quantitative estimate of drug-likeness (QED) is 0.344. The molecule has 8 nitrogen and oxygen atoms in total. The Morgan fingerprint density at radius 3 is 2.37 bits per heavy atom. The number of hydrogen-bond donors (Lipinski definition) is 3. The molecule has 0 saturated heterocycles. The fourth-order valence-electron chi connectivity index (χ4n) is 3.40. The summed E-state index contributed by atoms with van der Waals surface area (Å²) < 4.78 is 0. The smallest absolute Gasteiger partial charge is 0.257 e. The van der Waals surface area contributed by atoms with E-state index in [9.17, 15) is 14.4 Å². The van der Waals surface area contributed by atoms with Gasteiger partial charge in [-0.25, -0.2) is 4.98 Å². The first-order chi connectivity index (χ1) is 16.9. The maximum Gasteiger partial charge on any atom is 0.257 e. The molecule has 35 heavy (non-hydrogen) atoms. The first-order valence-corrected chi connectivity index (χ1v) is 11.7. The number of anilines is 2. The van der Waals surface area contributed by atoms with Gasteiger partial charge in [-0.2, -0.15) is 0 Å². The minimum Gasteiger partial charge on any atom is -0.350 e. The minimum absolute atomic E-state index is 0.0807. The molecule has 4 rings (SSSR count). The number of nitrogens with zero attached hydrogens (tertiary/aromatic N) is 2. The van der Waals surface area contributed by atoms with Crippen molar-refractivity contribution in [2.75, 3.05) is 10.6 Å². The second-order valence-corrected chi connectivity index (χ2v) is 8.67. The molecule has 0 aliphatic rings. The molecule has 0 bridgehead atoms. The molecule has 9 heteroatoms. The van der Waals surface area contributed by atoms with Gasteiger partial charge in [-0.3, -0.25) is 24.7 Å². The van der Waals surface area contributed by atoms with Crippen LogP contribution in [-0.2, 0) is 4.79 Å². The van der Waals surface area contributed by atoms with E-state index >= 15 is 0 Å². The number of rotatable bonds is 7. The van der Waals surface area contributed by atoms with Crippen molar-refractivity contribution in [3.05, 3.63) is 95.1 Å². The Balaban J connectivity index is 1.40. The molecule has 0 aliphatic heterocycles. The lowest BCUT2D eigenvalue weighted by Gasteiger charge is -2.13. The molecule has 2 aromatic heterocycles. The van der Waals surface area contributed by atoms with Gasteiger partial charge in [-0.15, -0.1) is 11.3 Å². The van der Waals surface area contributed by atoms with Gasteiger partial charge in [0.25, 0.3) is 11.8 Å². The number of nitrogens with one attached hydrogen (secondary N) is 3. The fourth-order valence-corrected chi connectivity index (χ4v) is 4.12. The average molecular weight is 486 g/mol. The van der Waals surface area contributed by atoms with Crippen molar-refractivity contribution >= 4 is 39.9 Å². The highest BCUT2D eigenvalue weighted by Crippen LogP contribution is 2.27. The normalized spacial score (nSPS) is 11.4. The molecule has 0 aliphatic carbocycles. The zero-order valence-corrected chi connectivity index (χ0v) is 19.9. The fraction of sp³-hybridized carbons (Fsp3) is 0.115. The number of benzene rings is 2. The lowest BCUT2D eigenvalue weighted by Crippen LogP contribution is -2.23. The van der Waals surface area contributed by atoms with Crippen molar-refractivity contribution in [1.82, 2.24) is 15.3 Å². The summed E-state index contributed by atoms with van der Waals surface area (Å²) in [7, 11) is 0. The zero-order chi connectivity index (χ0) is 24.8. The van der Waals surface area contributed by atoms with Gasteiger partial charge in [0.15, 0.2) is 5.13 Å². The van der Waals surface area contributed by atoms with E-state index < -0.39 is 0 Å². The summed E-state index contributed by atoms with van der Waals surface area (Å²) in [6.45, 7) is 3.41. The topological polar surface area (TPSA) is 113 Å². The molecule has 1 atom stereocenters. The Kier molecular flexibility index (Phi) is 7.27. The SMILES string of the molecule is CC(=O)NC(C)c1ccc(-c2csc(NC(=O)c3cccc(NC(=O)c4cccnc4)c3)n2)cc1. The van der Waals surface area contributed by atoms with Crippen LogP contribution in [0.4, 0.5) is 10.8 Å². The molecular formula is C26H23N5O3S. The van der Waals surface area contributed by atoms with Crippen molar-refractivity contribution in [3.8, 4) is 11.3 Å². The number of amides is 3. The largest absolute Gasteiger partial charge is 0.350 e. The van der Waals surface area contributed by atoms with E-state index in [1.807, 2.05) is 36.6 Å². The van der Waals surface area contributed by atoms with Gasteiger partial charge in [0.2, 0.25) is 5.91 Å². The summed E-state index contributed by atoms with van der Waals surface area (Å²) in [6.07, 6.45) is 3.07. The van der Waals surface area contributed by atoms with Crippen LogP contribution in [-0.4, -0.2) is 27.7 Å². The number of pyridine rings is 1.